The van der Waals surface area contributed by atoms with E-state index in [4.69, 9.17) is 115 Å². The van der Waals surface area contributed by atoms with Crippen molar-refractivity contribution in [1.82, 2.24) is 0 Å². The largest absolute Gasteiger partial charge is 0.480 e. The molecule has 0 saturated heterocycles. The Balaban J connectivity index is -0.000000173. The van der Waals surface area contributed by atoms with E-state index in [9.17, 15) is 62.3 Å². The first-order chi connectivity index (χ1) is 39.7. The van der Waals surface area contributed by atoms with Gasteiger partial charge >= 0.3 is 59.7 Å². The van der Waals surface area contributed by atoms with Crippen LogP contribution >= 0.6 is 37.0 Å². The van der Waals surface area contributed by atoms with Gasteiger partial charge in [0, 0.05) is 11.5 Å². The fourth-order valence-corrected chi connectivity index (χ4v) is 4.97. The number of hydrogen-bond donors (Lipinski definition) is 24. The van der Waals surface area contributed by atoms with Crippen LogP contribution in [0.2, 0.25) is 0 Å². The number of ether oxygens (including phenoxy) is 2. The van der Waals surface area contributed by atoms with Gasteiger partial charge in [-0.1, -0.05) is 25.0 Å². The number of esters is 3. The van der Waals surface area contributed by atoms with Crippen molar-refractivity contribution in [2.45, 2.75) is 125 Å². The molecule has 9 atom stereocenters. The number of thioether (sulfide) groups is 1. The molecule has 498 valence electrons. The normalized spacial score (nSPS) is 12.9. The van der Waals surface area contributed by atoms with Crippen LogP contribution in [0.25, 0.3) is 0 Å². The van der Waals surface area contributed by atoms with Gasteiger partial charge in [-0.3, -0.25) is 47.9 Å². The number of hydrogen-bond acceptors (Lipinski definition) is 30. The Morgan fingerprint density at radius 2 is 0.756 bits per heavy atom. The second-order valence-electron chi connectivity index (χ2n) is 16.8. The molecule has 0 radical (unpaired) electrons. The molecular formula is C46H89N15O22S3. The number of amides is 3. The molecule has 1 aromatic carbocycles. The van der Waals surface area contributed by atoms with Gasteiger partial charge in [-0.05, 0) is 81.3 Å². The van der Waals surface area contributed by atoms with Crippen LogP contribution in [0, 0.1) is 0 Å². The highest BCUT2D eigenvalue weighted by molar-refractivity contribution is 7.98. The number of unbranched alkanes of at least 4 members (excludes halogenated alkanes) is 2. The van der Waals surface area contributed by atoms with Gasteiger partial charge in [0.15, 0.2) is 0 Å². The average Bonchev–Trinajstić information content (AvgIpc) is 3.62. The van der Waals surface area contributed by atoms with E-state index in [2.05, 4.69) is 41.5 Å². The number of thiol groups is 2. The smallest absolute Gasteiger partial charge is 0.331 e. The summed E-state index contributed by atoms with van der Waals surface area (Å²) in [6.07, 6.45) is 5.77. The van der Waals surface area contributed by atoms with Gasteiger partial charge in [-0.25, -0.2) is 14.4 Å². The maximum atomic E-state index is 11.5. The van der Waals surface area contributed by atoms with Crippen molar-refractivity contribution in [2.24, 2.45) is 86.0 Å². The summed E-state index contributed by atoms with van der Waals surface area (Å²) in [7, 11) is 0. The number of rotatable bonds is 32. The molecule has 0 bridgehead atoms. The fourth-order valence-electron chi connectivity index (χ4n) is 4.16. The van der Waals surface area contributed by atoms with Gasteiger partial charge in [0.2, 0.25) is 17.7 Å². The van der Waals surface area contributed by atoms with Gasteiger partial charge in [0.05, 0.1) is 25.8 Å². The quantitative estimate of drug-likeness (QED) is 0.0105. The minimum absolute atomic E-state index is 0.157. The fraction of sp³-hybridized carbons (Fsp3) is 0.587. The van der Waals surface area contributed by atoms with Crippen molar-refractivity contribution in [2.75, 3.05) is 43.1 Å². The van der Waals surface area contributed by atoms with Crippen molar-refractivity contribution < 1.29 is 108 Å². The molecule has 86 heavy (non-hydrogen) atoms. The third-order valence-electron chi connectivity index (χ3n) is 9.01. The zero-order chi connectivity index (χ0) is 68.8. The molecule has 3 amide bonds. The van der Waals surface area contributed by atoms with Gasteiger partial charge in [0.1, 0.15) is 60.1 Å². The highest BCUT2D eigenvalue weighted by Crippen LogP contribution is 2.14. The Labute approximate surface area is 509 Å². The lowest BCUT2D eigenvalue weighted by Gasteiger charge is -2.12. The van der Waals surface area contributed by atoms with E-state index in [-0.39, 0.29) is 49.5 Å². The molecule has 0 aliphatic carbocycles. The maximum absolute atomic E-state index is 11.5. The Bertz CT molecular complexity index is 2120. The number of nitrogens with two attached hydrogens (primary N) is 15. The zero-order valence-electron chi connectivity index (χ0n) is 47.2. The van der Waals surface area contributed by atoms with Crippen molar-refractivity contribution >= 4 is 114 Å². The molecule has 0 heterocycles. The average molecular weight is 1300 g/mol. The molecule has 0 fully saturated rings. The summed E-state index contributed by atoms with van der Waals surface area (Å²) >= 11 is 8.82. The van der Waals surface area contributed by atoms with Crippen LogP contribution in [0.3, 0.4) is 0 Å². The van der Waals surface area contributed by atoms with Crippen LogP contribution in [0.1, 0.15) is 69.8 Å². The third-order valence-corrected chi connectivity index (χ3v) is 10.4. The molecule has 0 spiro atoms. The summed E-state index contributed by atoms with van der Waals surface area (Å²) in [6.45, 7) is 0.929. The van der Waals surface area contributed by atoms with E-state index in [1.165, 1.54) is 23.9 Å². The van der Waals surface area contributed by atoms with E-state index in [0.717, 1.165) is 25.7 Å². The van der Waals surface area contributed by atoms with Crippen LogP contribution in [0.5, 0.6) is 5.75 Å². The highest BCUT2D eigenvalue weighted by atomic mass is 32.2. The van der Waals surface area contributed by atoms with Crippen LogP contribution < -0.4 is 90.7 Å². The minimum Gasteiger partial charge on any atom is -0.480 e. The maximum Gasteiger partial charge on any atom is 0.331 e. The monoisotopic (exact) mass is 1300 g/mol. The molecule has 37 nitrogen and oxygen atoms in total. The molecule has 40 heteroatoms. The topological polar surface area (TPSA) is 772 Å². The van der Waals surface area contributed by atoms with Crippen molar-refractivity contribution in [3.63, 3.8) is 0 Å². The Hall–Kier alpha value is -6.90. The Kier molecular flexibility index (Phi) is 63.1. The Morgan fingerprint density at radius 3 is 1.01 bits per heavy atom. The standard InChI is InChI=1S/C13H17N3O5.C9H17N3O4S.2C6H14N2O2.C4H8N2O3.2C3H7NO2S.C2H5NO2/c14-9(12(18)19)5-7-1-3-8(4-2-7)21-13(20)10(15)6-11(16)17;1-17-3-2-5(10)8(14)16-9(15)6(11)4-7(12)13;2*7-4-2-1-3-5(8)6(9)10;5-2(4(8)9)1-3(6)7;2*4-2(1-7)3(5)6;3-1-2(4)5/h1-4,9-10H,5-6,14-15H2,(H2,16,17)(H,18,19);5-6H,2-4,10-11H2,1H3,(H2,12,13);2*5H,1-4,7-8H2,(H,9,10);2H,1,5H2,(H2,6,7)(H,8,9);2*2,7H,1,4H2,(H,5,6);1,3H2,(H,4,5)/t9-,10-;5-,6-;2*5-;3*2-;/m0000000./s1. The summed E-state index contributed by atoms with van der Waals surface area (Å²) in [4.78, 5) is 135. The van der Waals surface area contributed by atoms with Gasteiger partial charge in [-0.15, -0.1) is 0 Å². The van der Waals surface area contributed by atoms with E-state index >= 15 is 0 Å². The second-order valence-corrected chi connectivity index (χ2v) is 18.5. The SMILES string of the molecule is CSCC[C@H](N)C(=O)OC(=O)[C@@H](N)CC(N)=O.NC(=O)C[C@H](N)C(=O)O.NC(=O)C[C@H](N)C(=O)Oc1ccc(C[C@H](N)C(=O)O)cc1.NCC(=O)O.NCCCC[C@H](N)C(=O)O.NCCCC[C@H](N)C(=O)O.N[C@@H](CS)C(=O)O.N[C@@H](CS)C(=O)O. The molecule has 0 aliphatic rings. The van der Waals surface area contributed by atoms with E-state index in [0.29, 0.717) is 43.7 Å². The van der Waals surface area contributed by atoms with E-state index in [1.54, 1.807) is 12.1 Å². The molecule has 0 saturated carbocycles. The number of carboxylic acids is 7. The number of primary amides is 3. The van der Waals surface area contributed by atoms with Crippen LogP contribution in [-0.4, -0.2) is 211 Å². The lowest BCUT2D eigenvalue weighted by atomic mass is 10.1. The highest BCUT2D eigenvalue weighted by Gasteiger charge is 2.24. The van der Waals surface area contributed by atoms with Crippen LogP contribution in [0.4, 0.5) is 0 Å². The lowest BCUT2D eigenvalue weighted by Crippen LogP contribution is -2.41. The number of carbonyl (C=O) groups excluding carboxylic acids is 6. The first-order valence-electron chi connectivity index (χ1n) is 24.8. The molecule has 37 N–H and O–H groups in total. The van der Waals surface area contributed by atoms with Crippen molar-refractivity contribution in [3.8, 4) is 5.75 Å². The summed E-state index contributed by atoms with van der Waals surface area (Å²) in [6, 6.07) is -2.30. The second kappa shape index (κ2) is 58.5. The lowest BCUT2D eigenvalue weighted by molar-refractivity contribution is -0.162. The number of aliphatic carboxylic acids is 7. The zero-order valence-corrected chi connectivity index (χ0v) is 49.8. The predicted octanol–water partition coefficient (Wildman–Crippen LogP) is -7.90. The van der Waals surface area contributed by atoms with E-state index < -0.39 is 132 Å². The number of carbonyl (C=O) groups is 13. The molecular weight excluding hydrogens is 1210 g/mol. The van der Waals surface area contributed by atoms with Crippen molar-refractivity contribution in [1.29, 1.82) is 0 Å². The molecule has 0 aromatic heterocycles. The van der Waals surface area contributed by atoms with Gasteiger partial charge < -0.3 is 131 Å². The predicted molar refractivity (Wildman–Crippen MR) is 319 cm³/mol. The first-order valence-corrected chi connectivity index (χ1v) is 27.5. The van der Waals surface area contributed by atoms with Crippen LogP contribution in [0.15, 0.2) is 24.3 Å². The van der Waals surface area contributed by atoms with Crippen LogP contribution in [-0.2, 0) is 73.5 Å². The molecule has 0 aliphatic heterocycles. The number of carboxylic acid groups (broad SMARTS) is 7. The Morgan fingerprint density at radius 1 is 0.442 bits per heavy atom. The minimum atomic E-state index is -1.23. The number of benzene rings is 1. The summed E-state index contributed by atoms with van der Waals surface area (Å²) < 4.78 is 9.39. The molecule has 0 unspecified atom stereocenters. The van der Waals surface area contributed by atoms with Crippen molar-refractivity contribution in [3.05, 3.63) is 29.8 Å². The molecule has 1 rings (SSSR count). The summed E-state index contributed by atoms with van der Waals surface area (Å²) in [5.41, 5.74) is 76.9. The van der Waals surface area contributed by atoms with Gasteiger partial charge in [-0.2, -0.15) is 37.0 Å². The van der Waals surface area contributed by atoms with Gasteiger partial charge in [0.25, 0.3) is 0 Å². The first kappa shape index (κ1) is 92.8. The molecule has 1 aromatic rings. The summed E-state index contributed by atoms with van der Waals surface area (Å²) in [5.74, 6) is -10.6. The summed E-state index contributed by atoms with van der Waals surface area (Å²) in [5, 5.41) is 57.1. The van der Waals surface area contributed by atoms with E-state index in [1.807, 2.05) is 6.26 Å². The third kappa shape index (κ3) is 64.7.